The highest BCUT2D eigenvalue weighted by Gasteiger charge is 2.34. The number of fused-ring (bicyclic) bond motifs is 1. The highest BCUT2D eigenvalue weighted by Crippen LogP contribution is 2.34. The van der Waals surface area contributed by atoms with Gasteiger partial charge in [-0.15, -0.1) is 0 Å². The van der Waals surface area contributed by atoms with Crippen LogP contribution in [0, 0.1) is 5.82 Å². The van der Waals surface area contributed by atoms with Crippen molar-refractivity contribution in [3.8, 4) is 11.4 Å². The highest BCUT2D eigenvalue weighted by molar-refractivity contribution is 5.92. The minimum atomic E-state index is -0.388. The van der Waals surface area contributed by atoms with E-state index in [1.54, 1.807) is 12.3 Å². The lowest BCUT2D eigenvalue weighted by atomic mass is 9.95. The van der Waals surface area contributed by atoms with Crippen LogP contribution in [-0.2, 0) is 0 Å². The summed E-state index contributed by atoms with van der Waals surface area (Å²) in [4.78, 5) is 6.89. The van der Waals surface area contributed by atoms with E-state index in [4.69, 9.17) is 4.52 Å². The van der Waals surface area contributed by atoms with Gasteiger partial charge in [-0.3, -0.25) is 10.00 Å². The van der Waals surface area contributed by atoms with Gasteiger partial charge in [-0.25, -0.2) is 4.39 Å². The second-order valence-electron chi connectivity index (χ2n) is 7.59. The highest BCUT2D eigenvalue weighted by atomic mass is 19.1. The standard InChI is InChI=1S/C19H22FN5O2/c20-13-4-5-14-12(10-21-23-14)17(13)18-22-19(27-24-18)11-6-8-25(9-7-11)15-2-1-3-16(15)26/h4-5,10-11,15-16,26H,1-3,6-9H2,(H,21,23)/t15-,16-/m0/s1. The van der Waals surface area contributed by atoms with Crippen LogP contribution in [0.4, 0.5) is 4.39 Å². The Balaban J connectivity index is 1.34. The zero-order valence-electron chi connectivity index (χ0n) is 14.9. The molecule has 1 saturated carbocycles. The molecule has 27 heavy (non-hydrogen) atoms. The van der Waals surface area contributed by atoms with E-state index in [1.807, 2.05) is 0 Å². The number of hydrogen-bond donors (Lipinski definition) is 2. The second-order valence-corrected chi connectivity index (χ2v) is 7.59. The molecule has 1 aromatic carbocycles. The van der Waals surface area contributed by atoms with Crippen molar-refractivity contribution in [2.75, 3.05) is 13.1 Å². The van der Waals surface area contributed by atoms with Gasteiger partial charge in [0.2, 0.25) is 11.7 Å². The summed E-state index contributed by atoms with van der Waals surface area (Å²) in [7, 11) is 0. The fraction of sp³-hybridized carbons (Fsp3) is 0.526. The van der Waals surface area contributed by atoms with E-state index >= 15 is 0 Å². The number of halogens is 1. The Morgan fingerprint density at radius 3 is 2.81 bits per heavy atom. The minimum Gasteiger partial charge on any atom is -0.391 e. The van der Waals surface area contributed by atoms with Gasteiger partial charge in [-0.2, -0.15) is 10.1 Å². The number of aliphatic hydroxyl groups is 1. The lowest BCUT2D eigenvalue weighted by Crippen LogP contribution is -2.44. The Labute approximate surface area is 155 Å². The molecule has 1 aliphatic carbocycles. The molecule has 0 bridgehead atoms. The first-order chi connectivity index (χ1) is 13.2. The topological polar surface area (TPSA) is 91.1 Å². The first-order valence-corrected chi connectivity index (χ1v) is 9.58. The third kappa shape index (κ3) is 2.93. The van der Waals surface area contributed by atoms with Crippen molar-refractivity contribution in [1.82, 2.24) is 25.2 Å². The van der Waals surface area contributed by atoms with Crippen molar-refractivity contribution < 1.29 is 14.0 Å². The van der Waals surface area contributed by atoms with Gasteiger partial charge in [0.25, 0.3) is 0 Å². The molecule has 2 N–H and O–H groups in total. The molecule has 3 heterocycles. The molecule has 0 amide bonds. The van der Waals surface area contributed by atoms with Crippen LogP contribution in [0.15, 0.2) is 22.9 Å². The summed E-state index contributed by atoms with van der Waals surface area (Å²) in [6.45, 7) is 1.82. The summed E-state index contributed by atoms with van der Waals surface area (Å²) in [6.07, 6.45) is 6.27. The zero-order chi connectivity index (χ0) is 18.4. The van der Waals surface area contributed by atoms with Crippen molar-refractivity contribution in [2.24, 2.45) is 0 Å². The Morgan fingerprint density at radius 1 is 1.19 bits per heavy atom. The van der Waals surface area contributed by atoms with Crippen LogP contribution in [0.1, 0.15) is 43.9 Å². The van der Waals surface area contributed by atoms with Crippen molar-refractivity contribution in [1.29, 1.82) is 0 Å². The number of aliphatic hydroxyl groups excluding tert-OH is 1. The van der Waals surface area contributed by atoms with Crippen LogP contribution < -0.4 is 0 Å². The molecule has 2 atom stereocenters. The maximum absolute atomic E-state index is 14.4. The van der Waals surface area contributed by atoms with Crippen molar-refractivity contribution >= 4 is 10.9 Å². The molecule has 8 heteroatoms. The van der Waals surface area contributed by atoms with E-state index in [-0.39, 0.29) is 29.7 Å². The van der Waals surface area contributed by atoms with Gasteiger partial charge in [-0.1, -0.05) is 5.16 Å². The Morgan fingerprint density at radius 2 is 2.04 bits per heavy atom. The average Bonchev–Trinajstić information content (AvgIpc) is 3.42. The van der Waals surface area contributed by atoms with Gasteiger partial charge >= 0.3 is 0 Å². The number of piperidine rings is 1. The van der Waals surface area contributed by atoms with Crippen molar-refractivity contribution in [3.05, 3.63) is 30.0 Å². The number of aromatic nitrogens is 4. The van der Waals surface area contributed by atoms with Gasteiger partial charge < -0.3 is 9.63 Å². The molecule has 1 aliphatic heterocycles. The predicted octanol–water partition coefficient (Wildman–Crippen LogP) is 2.84. The molecular formula is C19H22FN5O2. The first-order valence-electron chi connectivity index (χ1n) is 9.58. The fourth-order valence-electron chi connectivity index (χ4n) is 4.55. The van der Waals surface area contributed by atoms with Crippen LogP contribution in [0.5, 0.6) is 0 Å². The molecular weight excluding hydrogens is 349 g/mol. The number of aromatic amines is 1. The number of hydrogen-bond acceptors (Lipinski definition) is 6. The monoisotopic (exact) mass is 371 g/mol. The Hall–Kier alpha value is -2.32. The van der Waals surface area contributed by atoms with Gasteiger partial charge in [0.1, 0.15) is 5.82 Å². The number of rotatable bonds is 3. The summed E-state index contributed by atoms with van der Waals surface area (Å²) < 4.78 is 19.9. The Bertz CT molecular complexity index is 947. The lowest BCUT2D eigenvalue weighted by molar-refractivity contribution is 0.0528. The lowest BCUT2D eigenvalue weighted by Gasteiger charge is -2.36. The zero-order valence-corrected chi connectivity index (χ0v) is 14.9. The summed E-state index contributed by atoms with van der Waals surface area (Å²) in [5.41, 5.74) is 1.06. The molecule has 3 aromatic rings. The maximum atomic E-state index is 14.4. The van der Waals surface area contributed by atoms with Crippen LogP contribution in [0.2, 0.25) is 0 Å². The van der Waals surface area contributed by atoms with E-state index in [0.29, 0.717) is 16.8 Å². The molecule has 7 nitrogen and oxygen atoms in total. The molecule has 5 rings (SSSR count). The van der Waals surface area contributed by atoms with Gasteiger partial charge in [0.05, 0.1) is 23.4 Å². The molecule has 2 aromatic heterocycles. The minimum absolute atomic E-state index is 0.174. The van der Waals surface area contributed by atoms with E-state index in [0.717, 1.165) is 50.7 Å². The quantitative estimate of drug-likeness (QED) is 0.736. The molecule has 142 valence electrons. The van der Waals surface area contributed by atoms with Crippen molar-refractivity contribution in [2.45, 2.75) is 50.2 Å². The van der Waals surface area contributed by atoms with E-state index in [9.17, 15) is 9.50 Å². The first kappa shape index (κ1) is 16.8. The number of nitrogens with zero attached hydrogens (tertiary/aromatic N) is 4. The number of likely N-dealkylation sites (tertiary alicyclic amines) is 1. The molecule has 2 aliphatic rings. The molecule has 0 unspecified atom stereocenters. The van der Waals surface area contributed by atoms with Crippen molar-refractivity contribution in [3.63, 3.8) is 0 Å². The third-order valence-electron chi connectivity index (χ3n) is 6.03. The smallest absolute Gasteiger partial charge is 0.230 e. The SMILES string of the molecule is O[C@H]1CCC[C@@H]1N1CCC(c2nc(-c3c(F)ccc4[nH]ncc34)no2)CC1. The second kappa shape index (κ2) is 6.69. The number of benzene rings is 1. The summed E-state index contributed by atoms with van der Waals surface area (Å²) in [5, 5.41) is 21.6. The van der Waals surface area contributed by atoms with E-state index in [2.05, 4.69) is 25.2 Å². The maximum Gasteiger partial charge on any atom is 0.230 e. The molecule has 2 fully saturated rings. The number of H-pyrrole nitrogens is 1. The fourth-order valence-corrected chi connectivity index (χ4v) is 4.55. The third-order valence-corrected chi connectivity index (χ3v) is 6.03. The predicted molar refractivity (Wildman–Crippen MR) is 96.5 cm³/mol. The van der Waals surface area contributed by atoms with Crippen LogP contribution >= 0.6 is 0 Å². The Kier molecular flexibility index (Phi) is 4.17. The largest absolute Gasteiger partial charge is 0.391 e. The van der Waals surface area contributed by atoms with Gasteiger partial charge in [0, 0.05) is 17.3 Å². The van der Waals surface area contributed by atoms with Crippen LogP contribution in [0.3, 0.4) is 0 Å². The summed E-state index contributed by atoms with van der Waals surface area (Å²) >= 11 is 0. The summed E-state index contributed by atoms with van der Waals surface area (Å²) in [5.74, 6) is 0.619. The van der Waals surface area contributed by atoms with E-state index < -0.39 is 0 Å². The van der Waals surface area contributed by atoms with Gasteiger partial charge in [-0.05, 0) is 57.3 Å². The summed E-state index contributed by atoms with van der Waals surface area (Å²) in [6, 6.07) is 3.32. The molecule has 0 spiro atoms. The van der Waals surface area contributed by atoms with E-state index in [1.165, 1.54) is 6.07 Å². The normalized spacial score (nSPS) is 24.8. The van der Waals surface area contributed by atoms with Crippen LogP contribution in [0.25, 0.3) is 22.3 Å². The number of nitrogens with one attached hydrogen (secondary N) is 1. The van der Waals surface area contributed by atoms with Gasteiger partial charge in [0.15, 0.2) is 0 Å². The molecule has 1 saturated heterocycles. The molecule has 0 radical (unpaired) electrons. The van der Waals surface area contributed by atoms with Crippen LogP contribution in [-0.4, -0.2) is 55.6 Å². The average molecular weight is 371 g/mol.